The Bertz CT molecular complexity index is 747. The minimum atomic E-state index is -0.455. The van der Waals surface area contributed by atoms with Crippen molar-refractivity contribution in [2.75, 3.05) is 26.2 Å². The smallest absolute Gasteiger partial charge is 0.314 e. The van der Waals surface area contributed by atoms with Crippen LogP contribution >= 0.6 is 0 Å². The number of urea groups is 1. The first-order valence-corrected chi connectivity index (χ1v) is 10.8. The molecule has 2 aliphatic heterocycles. The van der Waals surface area contributed by atoms with Gasteiger partial charge in [0.1, 0.15) is 5.82 Å². The van der Waals surface area contributed by atoms with Gasteiger partial charge in [-0.05, 0) is 55.7 Å². The van der Waals surface area contributed by atoms with Crippen LogP contribution in [0.4, 0.5) is 9.18 Å². The fourth-order valence-electron chi connectivity index (χ4n) is 4.31. The van der Waals surface area contributed by atoms with Crippen LogP contribution < -0.4 is 11.1 Å². The molecule has 2 aliphatic rings. The third kappa shape index (κ3) is 6.18. The number of primary amides is 1. The van der Waals surface area contributed by atoms with Gasteiger partial charge in [0, 0.05) is 39.1 Å². The number of nitrogens with zero attached hydrogens (tertiary/aromatic N) is 2. The van der Waals surface area contributed by atoms with Crippen LogP contribution in [0.15, 0.2) is 24.3 Å². The Labute approximate surface area is 176 Å². The van der Waals surface area contributed by atoms with Gasteiger partial charge < -0.3 is 20.9 Å². The van der Waals surface area contributed by atoms with Gasteiger partial charge in [-0.2, -0.15) is 0 Å². The molecule has 0 saturated carbocycles. The van der Waals surface area contributed by atoms with Gasteiger partial charge in [-0.15, -0.1) is 0 Å². The molecule has 164 valence electrons. The summed E-state index contributed by atoms with van der Waals surface area (Å²) in [6, 6.07) is 5.64. The van der Waals surface area contributed by atoms with Gasteiger partial charge in [-0.3, -0.25) is 9.59 Å². The fraction of sp³-hybridized carbons (Fsp3) is 0.591. The highest BCUT2D eigenvalue weighted by Gasteiger charge is 2.32. The normalized spacial score (nSPS) is 20.1. The summed E-state index contributed by atoms with van der Waals surface area (Å²) >= 11 is 0. The van der Waals surface area contributed by atoms with Crippen molar-refractivity contribution in [1.29, 1.82) is 0 Å². The molecule has 3 rings (SSSR count). The number of carbonyl (C=O) groups excluding carboxylic acids is 3. The predicted molar refractivity (Wildman–Crippen MR) is 111 cm³/mol. The SMILES string of the molecule is NC(=O)N1CCC[C@@H](C(=O)N2CCC(CCC(=O)NCc3ccc(F)cc3)CC2)C1. The lowest BCUT2D eigenvalue weighted by Crippen LogP contribution is -2.49. The zero-order valence-electron chi connectivity index (χ0n) is 17.3. The van der Waals surface area contributed by atoms with E-state index in [1.807, 2.05) is 4.90 Å². The van der Waals surface area contributed by atoms with Crippen LogP contribution in [-0.4, -0.2) is 53.8 Å². The standard InChI is InChI=1S/C22H31FN4O3/c23-19-6-3-17(4-7-19)14-25-20(28)8-5-16-9-12-26(13-10-16)21(29)18-2-1-11-27(15-18)22(24)30/h3-4,6-7,16,18H,1-2,5,8-15H2,(H2,24,30)(H,25,28)/t18-/m1/s1. The summed E-state index contributed by atoms with van der Waals surface area (Å²) in [5, 5.41) is 2.87. The van der Waals surface area contributed by atoms with E-state index in [2.05, 4.69) is 5.32 Å². The first-order valence-electron chi connectivity index (χ1n) is 10.8. The molecule has 2 fully saturated rings. The van der Waals surface area contributed by atoms with Crippen LogP contribution in [0, 0.1) is 17.7 Å². The number of rotatable bonds is 6. The van der Waals surface area contributed by atoms with Gasteiger partial charge in [0.25, 0.3) is 0 Å². The molecular weight excluding hydrogens is 387 g/mol. The summed E-state index contributed by atoms with van der Waals surface area (Å²) in [7, 11) is 0. The largest absolute Gasteiger partial charge is 0.352 e. The van der Waals surface area contributed by atoms with E-state index in [4.69, 9.17) is 5.73 Å². The third-order valence-corrected chi connectivity index (χ3v) is 6.19. The maximum absolute atomic E-state index is 12.9. The average molecular weight is 419 g/mol. The Hall–Kier alpha value is -2.64. The van der Waals surface area contributed by atoms with Gasteiger partial charge in [0.05, 0.1) is 5.92 Å². The highest BCUT2D eigenvalue weighted by Crippen LogP contribution is 2.25. The van der Waals surface area contributed by atoms with Crippen molar-refractivity contribution < 1.29 is 18.8 Å². The number of piperidine rings is 2. The molecule has 1 aromatic rings. The van der Waals surface area contributed by atoms with Gasteiger partial charge in [-0.1, -0.05) is 12.1 Å². The molecule has 0 radical (unpaired) electrons. The Morgan fingerprint density at radius 2 is 1.73 bits per heavy atom. The van der Waals surface area contributed by atoms with E-state index in [-0.39, 0.29) is 23.5 Å². The molecule has 1 atom stereocenters. The number of likely N-dealkylation sites (tertiary alicyclic amines) is 2. The summed E-state index contributed by atoms with van der Waals surface area (Å²) < 4.78 is 12.9. The average Bonchev–Trinajstić information content (AvgIpc) is 2.77. The van der Waals surface area contributed by atoms with Crippen LogP contribution in [0.5, 0.6) is 0 Å². The van der Waals surface area contributed by atoms with E-state index in [1.165, 1.54) is 12.1 Å². The Kier molecular flexibility index (Phi) is 7.65. The van der Waals surface area contributed by atoms with Crippen LogP contribution in [0.3, 0.4) is 0 Å². The molecule has 2 saturated heterocycles. The third-order valence-electron chi connectivity index (χ3n) is 6.19. The molecule has 0 aliphatic carbocycles. The minimum absolute atomic E-state index is 0.00780. The van der Waals surface area contributed by atoms with Gasteiger partial charge in [-0.25, -0.2) is 9.18 Å². The maximum Gasteiger partial charge on any atom is 0.314 e. The molecule has 30 heavy (non-hydrogen) atoms. The Balaban J connectivity index is 1.35. The van der Waals surface area contributed by atoms with E-state index >= 15 is 0 Å². The molecule has 0 aromatic heterocycles. The van der Waals surface area contributed by atoms with E-state index in [0.29, 0.717) is 45.1 Å². The molecule has 2 heterocycles. The topological polar surface area (TPSA) is 95.7 Å². The zero-order chi connectivity index (χ0) is 21.5. The molecule has 7 nitrogen and oxygen atoms in total. The second-order valence-corrected chi connectivity index (χ2v) is 8.33. The second-order valence-electron chi connectivity index (χ2n) is 8.33. The van der Waals surface area contributed by atoms with Gasteiger partial charge in [0.15, 0.2) is 0 Å². The fourth-order valence-corrected chi connectivity index (χ4v) is 4.31. The maximum atomic E-state index is 12.9. The molecule has 0 spiro atoms. The van der Waals surface area contributed by atoms with Crippen LogP contribution in [-0.2, 0) is 16.1 Å². The Morgan fingerprint density at radius 3 is 2.40 bits per heavy atom. The van der Waals surface area contributed by atoms with Crippen LogP contribution in [0.2, 0.25) is 0 Å². The zero-order valence-corrected chi connectivity index (χ0v) is 17.3. The van der Waals surface area contributed by atoms with Crippen molar-refractivity contribution in [2.45, 2.75) is 45.1 Å². The number of amides is 4. The first kappa shape index (κ1) is 22.1. The lowest BCUT2D eigenvalue weighted by atomic mass is 9.90. The summed E-state index contributed by atoms with van der Waals surface area (Å²) in [6.45, 7) is 2.85. The number of benzene rings is 1. The number of hydrogen-bond donors (Lipinski definition) is 2. The first-order chi connectivity index (χ1) is 14.4. The van der Waals surface area contributed by atoms with Gasteiger partial charge >= 0.3 is 6.03 Å². The molecule has 4 amide bonds. The summed E-state index contributed by atoms with van der Waals surface area (Å²) in [4.78, 5) is 39.7. The van der Waals surface area contributed by atoms with E-state index in [9.17, 15) is 18.8 Å². The van der Waals surface area contributed by atoms with Crippen molar-refractivity contribution in [2.24, 2.45) is 17.6 Å². The van der Waals surface area contributed by atoms with Crippen LogP contribution in [0.1, 0.15) is 44.1 Å². The predicted octanol–water partition coefficient (Wildman–Crippen LogP) is 2.25. The summed E-state index contributed by atoms with van der Waals surface area (Å²) in [5.74, 6) is 0.103. The lowest BCUT2D eigenvalue weighted by molar-refractivity contribution is -0.138. The van der Waals surface area contributed by atoms with Crippen molar-refractivity contribution in [3.05, 3.63) is 35.6 Å². The van der Waals surface area contributed by atoms with Crippen molar-refractivity contribution >= 4 is 17.8 Å². The van der Waals surface area contributed by atoms with Gasteiger partial charge in [0.2, 0.25) is 11.8 Å². The quantitative estimate of drug-likeness (QED) is 0.742. The molecule has 3 N–H and O–H groups in total. The van der Waals surface area contributed by atoms with E-state index < -0.39 is 6.03 Å². The van der Waals surface area contributed by atoms with Crippen molar-refractivity contribution in [1.82, 2.24) is 15.1 Å². The van der Waals surface area contributed by atoms with E-state index in [0.717, 1.165) is 37.7 Å². The molecular formula is C22H31FN4O3. The second kappa shape index (κ2) is 10.4. The monoisotopic (exact) mass is 418 g/mol. The number of nitrogens with one attached hydrogen (secondary N) is 1. The Morgan fingerprint density at radius 1 is 1.03 bits per heavy atom. The van der Waals surface area contributed by atoms with Crippen molar-refractivity contribution in [3.8, 4) is 0 Å². The van der Waals surface area contributed by atoms with E-state index in [1.54, 1.807) is 17.0 Å². The number of hydrogen-bond acceptors (Lipinski definition) is 3. The molecule has 0 bridgehead atoms. The number of carbonyl (C=O) groups is 3. The van der Waals surface area contributed by atoms with Crippen molar-refractivity contribution in [3.63, 3.8) is 0 Å². The lowest BCUT2D eigenvalue weighted by Gasteiger charge is -2.37. The summed E-state index contributed by atoms with van der Waals surface area (Å²) in [6.07, 6.45) is 4.65. The number of nitrogens with two attached hydrogens (primary N) is 1. The molecule has 8 heteroatoms. The minimum Gasteiger partial charge on any atom is -0.352 e. The number of halogens is 1. The summed E-state index contributed by atoms with van der Waals surface area (Å²) in [5.41, 5.74) is 6.23. The molecule has 1 aromatic carbocycles. The van der Waals surface area contributed by atoms with Crippen LogP contribution in [0.25, 0.3) is 0 Å². The highest BCUT2D eigenvalue weighted by molar-refractivity contribution is 5.80. The molecule has 0 unspecified atom stereocenters. The highest BCUT2D eigenvalue weighted by atomic mass is 19.1.